The van der Waals surface area contributed by atoms with E-state index in [0.717, 1.165) is 0 Å². The molecule has 2 unspecified atom stereocenters. The number of carbonyl (C=O) groups is 2. The highest BCUT2D eigenvalue weighted by Crippen LogP contribution is 2.26. The molecule has 0 aromatic carbocycles. The van der Waals surface area contributed by atoms with E-state index >= 15 is 0 Å². The van der Waals surface area contributed by atoms with Crippen molar-refractivity contribution in [1.82, 2.24) is 4.90 Å². The van der Waals surface area contributed by atoms with Crippen LogP contribution in [0.2, 0.25) is 0 Å². The average Bonchev–Trinajstić information content (AvgIpc) is 2.68. The third-order valence-electron chi connectivity index (χ3n) is 2.88. The Morgan fingerprint density at radius 1 is 1.56 bits per heavy atom. The van der Waals surface area contributed by atoms with Gasteiger partial charge < -0.3 is 19.5 Å². The highest BCUT2D eigenvalue weighted by atomic mass is 16.6. The Morgan fingerprint density at radius 2 is 2.28 bits per heavy atom. The third kappa shape index (κ3) is 4.03. The molecule has 0 aromatic rings. The van der Waals surface area contributed by atoms with Crippen LogP contribution in [0.3, 0.4) is 0 Å². The quantitative estimate of drug-likeness (QED) is 0.722. The number of methoxy groups -OCH3 is 1. The first-order chi connectivity index (χ1) is 8.58. The number of amides is 1. The van der Waals surface area contributed by atoms with Gasteiger partial charge in [0.2, 0.25) is 0 Å². The van der Waals surface area contributed by atoms with Gasteiger partial charge in [0.1, 0.15) is 6.61 Å². The van der Waals surface area contributed by atoms with E-state index in [1.54, 1.807) is 12.0 Å². The van der Waals surface area contributed by atoms with Gasteiger partial charge in [-0.2, -0.15) is 0 Å². The van der Waals surface area contributed by atoms with Gasteiger partial charge in [-0.25, -0.2) is 4.79 Å². The summed E-state index contributed by atoms with van der Waals surface area (Å²) in [6.07, 6.45) is 1.74. The minimum absolute atomic E-state index is 0.0427. The summed E-state index contributed by atoms with van der Waals surface area (Å²) in [6, 6.07) is -0.114. The molecule has 1 amide bonds. The maximum atomic E-state index is 11.8. The number of carbonyl (C=O) groups excluding carboxylic acids is 1. The molecule has 1 heterocycles. The normalized spacial score (nSPS) is 22.8. The summed E-state index contributed by atoms with van der Waals surface area (Å²) in [4.78, 5) is 24.0. The predicted octanol–water partition coefficient (Wildman–Crippen LogP) is 1.12. The van der Waals surface area contributed by atoms with E-state index in [9.17, 15) is 9.59 Å². The smallest absolute Gasteiger partial charge is 0.410 e. The van der Waals surface area contributed by atoms with Crippen LogP contribution < -0.4 is 0 Å². The molecule has 1 aliphatic rings. The summed E-state index contributed by atoms with van der Waals surface area (Å²) in [5, 5.41) is 8.78. The fraction of sp³-hybridized carbons (Fsp3) is 0.667. The zero-order chi connectivity index (χ0) is 13.5. The molecule has 0 aliphatic carbocycles. The van der Waals surface area contributed by atoms with Crippen molar-refractivity contribution in [3.63, 3.8) is 0 Å². The average molecular weight is 257 g/mol. The molecule has 18 heavy (non-hydrogen) atoms. The van der Waals surface area contributed by atoms with Crippen LogP contribution >= 0.6 is 0 Å². The lowest BCUT2D eigenvalue weighted by molar-refractivity contribution is -0.138. The summed E-state index contributed by atoms with van der Waals surface area (Å²) in [5.74, 6) is -0.892. The van der Waals surface area contributed by atoms with E-state index in [1.807, 2.05) is 0 Å². The number of nitrogens with zero attached hydrogens (tertiary/aromatic N) is 1. The van der Waals surface area contributed by atoms with Crippen LogP contribution in [0.4, 0.5) is 4.79 Å². The van der Waals surface area contributed by atoms with Gasteiger partial charge in [-0.3, -0.25) is 4.79 Å². The zero-order valence-electron chi connectivity index (χ0n) is 10.5. The van der Waals surface area contributed by atoms with E-state index in [0.29, 0.717) is 19.6 Å². The number of carboxylic acids is 1. The Kier molecular flexibility index (Phi) is 5.64. The first kappa shape index (κ1) is 14.5. The third-order valence-corrected chi connectivity index (χ3v) is 2.88. The maximum Gasteiger partial charge on any atom is 0.410 e. The molecule has 0 spiro atoms. The fourth-order valence-corrected chi connectivity index (χ4v) is 2.20. The Bertz CT molecular complexity index is 318. The molecule has 1 saturated heterocycles. The Hall–Kier alpha value is -1.56. The van der Waals surface area contributed by atoms with Gasteiger partial charge in [-0.05, 0) is 12.3 Å². The van der Waals surface area contributed by atoms with Crippen molar-refractivity contribution in [3.8, 4) is 0 Å². The molecule has 0 radical (unpaired) electrons. The SMILES string of the molecule is C=CCOC(=O)N1CC(CC(=O)O)CC1COC. The van der Waals surface area contributed by atoms with Gasteiger partial charge in [-0.15, -0.1) is 0 Å². The molecule has 2 atom stereocenters. The van der Waals surface area contributed by atoms with Crippen molar-refractivity contribution < 1.29 is 24.2 Å². The second-order valence-electron chi connectivity index (χ2n) is 4.33. The van der Waals surface area contributed by atoms with Crippen molar-refractivity contribution in [1.29, 1.82) is 0 Å². The van der Waals surface area contributed by atoms with Crippen LogP contribution in [0.5, 0.6) is 0 Å². The van der Waals surface area contributed by atoms with Gasteiger partial charge in [0.25, 0.3) is 0 Å². The zero-order valence-corrected chi connectivity index (χ0v) is 10.5. The van der Waals surface area contributed by atoms with E-state index in [-0.39, 0.29) is 25.0 Å². The van der Waals surface area contributed by atoms with Crippen molar-refractivity contribution in [2.24, 2.45) is 5.92 Å². The Labute approximate surface area is 106 Å². The van der Waals surface area contributed by atoms with Crippen LogP contribution in [0.1, 0.15) is 12.8 Å². The van der Waals surface area contributed by atoms with E-state index < -0.39 is 12.1 Å². The second-order valence-corrected chi connectivity index (χ2v) is 4.33. The van der Waals surface area contributed by atoms with Gasteiger partial charge >= 0.3 is 12.1 Å². The number of aliphatic carboxylic acids is 1. The molecule has 6 nitrogen and oxygen atoms in total. The van der Waals surface area contributed by atoms with Gasteiger partial charge in [-0.1, -0.05) is 12.7 Å². The minimum Gasteiger partial charge on any atom is -0.481 e. The standard InChI is InChI=1S/C12H19NO5/c1-3-4-18-12(16)13-7-9(6-11(14)15)5-10(13)8-17-2/h3,9-10H,1,4-8H2,2H3,(H,14,15). The summed E-state index contributed by atoms with van der Waals surface area (Å²) >= 11 is 0. The maximum absolute atomic E-state index is 11.8. The summed E-state index contributed by atoms with van der Waals surface area (Å²) in [6.45, 7) is 4.41. The molecule has 1 aliphatic heterocycles. The van der Waals surface area contributed by atoms with Crippen LogP contribution in [0, 0.1) is 5.92 Å². The molecule has 1 rings (SSSR count). The Balaban J connectivity index is 2.59. The number of likely N-dealkylation sites (tertiary alicyclic amines) is 1. The van der Waals surface area contributed by atoms with E-state index in [1.165, 1.54) is 6.08 Å². The monoisotopic (exact) mass is 257 g/mol. The molecule has 0 bridgehead atoms. The first-order valence-corrected chi connectivity index (χ1v) is 5.83. The van der Waals surface area contributed by atoms with Crippen molar-refractivity contribution in [2.45, 2.75) is 18.9 Å². The lowest BCUT2D eigenvalue weighted by atomic mass is 10.0. The van der Waals surface area contributed by atoms with Crippen LogP contribution in [-0.2, 0) is 14.3 Å². The Morgan fingerprint density at radius 3 is 2.83 bits per heavy atom. The van der Waals surface area contributed by atoms with Gasteiger partial charge in [0.15, 0.2) is 0 Å². The van der Waals surface area contributed by atoms with Gasteiger partial charge in [0.05, 0.1) is 12.6 Å². The fourth-order valence-electron chi connectivity index (χ4n) is 2.20. The summed E-state index contributed by atoms with van der Waals surface area (Å²) in [5.41, 5.74) is 0. The molecule has 0 saturated carbocycles. The molecular weight excluding hydrogens is 238 g/mol. The molecule has 0 aromatic heterocycles. The molecule has 6 heteroatoms. The molecular formula is C12H19NO5. The number of rotatable bonds is 6. The number of ether oxygens (including phenoxy) is 2. The number of carboxylic acid groups (broad SMARTS) is 1. The summed E-state index contributed by atoms with van der Waals surface area (Å²) in [7, 11) is 1.55. The van der Waals surface area contributed by atoms with Crippen molar-refractivity contribution in [3.05, 3.63) is 12.7 Å². The second kappa shape index (κ2) is 7.00. The van der Waals surface area contributed by atoms with Crippen LogP contribution in [0.25, 0.3) is 0 Å². The van der Waals surface area contributed by atoms with Crippen LogP contribution in [-0.4, -0.2) is 55.0 Å². The number of hydrogen-bond donors (Lipinski definition) is 1. The van der Waals surface area contributed by atoms with Crippen LogP contribution in [0.15, 0.2) is 12.7 Å². The molecule has 102 valence electrons. The number of hydrogen-bond acceptors (Lipinski definition) is 4. The topological polar surface area (TPSA) is 76.1 Å². The van der Waals surface area contributed by atoms with Gasteiger partial charge in [0, 0.05) is 20.1 Å². The molecule has 1 fully saturated rings. The minimum atomic E-state index is -0.850. The van der Waals surface area contributed by atoms with E-state index in [4.69, 9.17) is 14.6 Å². The first-order valence-electron chi connectivity index (χ1n) is 5.83. The molecule has 1 N–H and O–H groups in total. The highest BCUT2D eigenvalue weighted by Gasteiger charge is 2.36. The predicted molar refractivity (Wildman–Crippen MR) is 64.3 cm³/mol. The summed E-state index contributed by atoms with van der Waals surface area (Å²) < 4.78 is 10.0. The lowest BCUT2D eigenvalue weighted by Gasteiger charge is -2.22. The van der Waals surface area contributed by atoms with Crippen molar-refractivity contribution in [2.75, 3.05) is 26.9 Å². The van der Waals surface area contributed by atoms with E-state index in [2.05, 4.69) is 6.58 Å². The highest BCUT2D eigenvalue weighted by molar-refractivity contribution is 5.70. The lowest BCUT2D eigenvalue weighted by Crippen LogP contribution is -2.38. The largest absolute Gasteiger partial charge is 0.481 e. The van der Waals surface area contributed by atoms with Crippen molar-refractivity contribution >= 4 is 12.1 Å².